The standard InChI is InChI=1S/C13H20ClNO2S2/c1-2-3-11-7-9-15(10-11)19(16,17)13-5-4-12(18-13)6-8-14/h4-5,11H,2-3,6-10H2,1H3. The molecule has 1 aromatic heterocycles. The minimum absolute atomic E-state index is 0.463. The zero-order valence-corrected chi connectivity index (χ0v) is 13.5. The summed E-state index contributed by atoms with van der Waals surface area (Å²) in [5, 5.41) is 0. The molecule has 1 atom stereocenters. The number of hydrogen-bond acceptors (Lipinski definition) is 3. The van der Waals surface area contributed by atoms with Crippen LogP contribution in [0.25, 0.3) is 0 Å². The van der Waals surface area contributed by atoms with E-state index in [2.05, 4.69) is 6.92 Å². The summed E-state index contributed by atoms with van der Waals surface area (Å²) in [5.41, 5.74) is 0. The van der Waals surface area contributed by atoms with Crippen molar-refractivity contribution in [3.8, 4) is 0 Å². The molecule has 1 saturated heterocycles. The van der Waals surface area contributed by atoms with Crippen LogP contribution in [0.2, 0.25) is 0 Å². The van der Waals surface area contributed by atoms with Crippen LogP contribution in [-0.4, -0.2) is 31.7 Å². The Balaban J connectivity index is 2.09. The third-order valence-electron chi connectivity index (χ3n) is 3.52. The Morgan fingerprint density at radius 3 is 2.95 bits per heavy atom. The first kappa shape index (κ1) is 15.3. The van der Waals surface area contributed by atoms with E-state index in [1.165, 1.54) is 11.3 Å². The van der Waals surface area contributed by atoms with Crippen LogP contribution in [0.3, 0.4) is 0 Å². The Bertz CT molecular complexity index is 512. The molecule has 108 valence electrons. The predicted molar refractivity (Wildman–Crippen MR) is 80.5 cm³/mol. The van der Waals surface area contributed by atoms with Gasteiger partial charge in [0.2, 0.25) is 0 Å². The molecule has 1 aliphatic heterocycles. The van der Waals surface area contributed by atoms with E-state index in [-0.39, 0.29) is 0 Å². The number of nitrogens with zero attached hydrogens (tertiary/aromatic N) is 1. The Hall–Kier alpha value is -0.100. The van der Waals surface area contributed by atoms with E-state index in [9.17, 15) is 8.42 Å². The van der Waals surface area contributed by atoms with Crippen molar-refractivity contribution >= 4 is 33.0 Å². The maximum absolute atomic E-state index is 12.5. The van der Waals surface area contributed by atoms with Crippen LogP contribution < -0.4 is 0 Å². The second-order valence-corrected chi connectivity index (χ2v) is 8.68. The van der Waals surface area contributed by atoms with E-state index in [0.717, 1.165) is 30.6 Å². The van der Waals surface area contributed by atoms with Crippen molar-refractivity contribution in [2.45, 2.75) is 36.8 Å². The largest absolute Gasteiger partial charge is 0.252 e. The van der Waals surface area contributed by atoms with Crippen LogP contribution in [-0.2, 0) is 16.4 Å². The minimum Gasteiger partial charge on any atom is -0.206 e. The quantitative estimate of drug-likeness (QED) is 0.754. The average molecular weight is 322 g/mol. The highest BCUT2D eigenvalue weighted by molar-refractivity contribution is 7.91. The van der Waals surface area contributed by atoms with Crippen molar-refractivity contribution in [2.75, 3.05) is 19.0 Å². The SMILES string of the molecule is CCCC1CCN(S(=O)(=O)c2ccc(CCCl)s2)C1. The van der Waals surface area contributed by atoms with Crippen LogP contribution in [0.4, 0.5) is 0 Å². The van der Waals surface area contributed by atoms with Crippen molar-refractivity contribution in [1.82, 2.24) is 4.31 Å². The zero-order valence-electron chi connectivity index (χ0n) is 11.1. The van der Waals surface area contributed by atoms with Gasteiger partial charge in [0.1, 0.15) is 4.21 Å². The summed E-state index contributed by atoms with van der Waals surface area (Å²) in [4.78, 5) is 1.04. The van der Waals surface area contributed by atoms with Crippen molar-refractivity contribution in [2.24, 2.45) is 5.92 Å². The van der Waals surface area contributed by atoms with Crippen LogP contribution in [0, 0.1) is 5.92 Å². The summed E-state index contributed by atoms with van der Waals surface area (Å²) >= 11 is 7.04. The number of rotatable bonds is 6. The summed E-state index contributed by atoms with van der Waals surface area (Å²) in [7, 11) is -3.28. The molecule has 0 spiro atoms. The van der Waals surface area contributed by atoms with Gasteiger partial charge in [-0.1, -0.05) is 13.3 Å². The lowest BCUT2D eigenvalue weighted by molar-refractivity contribution is 0.446. The van der Waals surface area contributed by atoms with Gasteiger partial charge in [-0.25, -0.2) is 8.42 Å². The van der Waals surface area contributed by atoms with Crippen molar-refractivity contribution in [3.63, 3.8) is 0 Å². The smallest absolute Gasteiger partial charge is 0.206 e. The molecule has 0 bridgehead atoms. The van der Waals surface area contributed by atoms with Gasteiger partial charge in [-0.15, -0.1) is 22.9 Å². The summed E-state index contributed by atoms with van der Waals surface area (Å²) in [6.45, 7) is 3.49. The summed E-state index contributed by atoms with van der Waals surface area (Å²) in [6, 6.07) is 3.59. The second kappa shape index (κ2) is 6.57. The van der Waals surface area contributed by atoms with Gasteiger partial charge in [0.05, 0.1) is 0 Å². The van der Waals surface area contributed by atoms with Crippen LogP contribution in [0.5, 0.6) is 0 Å². The van der Waals surface area contributed by atoms with Gasteiger partial charge in [-0.3, -0.25) is 0 Å². The van der Waals surface area contributed by atoms with Gasteiger partial charge < -0.3 is 0 Å². The first-order valence-corrected chi connectivity index (χ1v) is 9.52. The monoisotopic (exact) mass is 321 g/mol. The first-order valence-electron chi connectivity index (χ1n) is 6.72. The average Bonchev–Trinajstić information content (AvgIpc) is 2.99. The highest BCUT2D eigenvalue weighted by Crippen LogP contribution is 2.30. The van der Waals surface area contributed by atoms with Gasteiger partial charge in [0.15, 0.2) is 0 Å². The molecule has 0 saturated carbocycles. The van der Waals surface area contributed by atoms with Crippen LogP contribution in [0.15, 0.2) is 16.3 Å². The second-order valence-electron chi connectivity index (χ2n) is 4.97. The lowest BCUT2D eigenvalue weighted by Crippen LogP contribution is -2.28. The molecule has 1 unspecified atom stereocenters. The molecule has 0 amide bonds. The van der Waals surface area contributed by atoms with Crippen molar-refractivity contribution in [3.05, 3.63) is 17.0 Å². The first-order chi connectivity index (χ1) is 9.07. The molecule has 6 heteroatoms. The Morgan fingerprint density at radius 1 is 1.47 bits per heavy atom. The van der Waals surface area contributed by atoms with Crippen LogP contribution >= 0.6 is 22.9 Å². The molecule has 0 radical (unpaired) electrons. The van der Waals surface area contributed by atoms with Crippen LogP contribution in [0.1, 0.15) is 31.1 Å². The Labute approximate surface area is 124 Å². The zero-order chi connectivity index (χ0) is 13.9. The van der Waals surface area contributed by atoms with Gasteiger partial charge in [0.25, 0.3) is 10.0 Å². The fraction of sp³-hybridized carbons (Fsp3) is 0.692. The Kier molecular flexibility index (Phi) is 5.29. The third kappa shape index (κ3) is 3.51. The molecule has 0 N–H and O–H groups in total. The molecule has 0 aliphatic carbocycles. The number of halogens is 1. The minimum atomic E-state index is -3.28. The highest BCUT2D eigenvalue weighted by atomic mass is 35.5. The molecule has 1 aromatic rings. The topological polar surface area (TPSA) is 37.4 Å². The third-order valence-corrected chi connectivity index (χ3v) is 7.18. The summed E-state index contributed by atoms with van der Waals surface area (Å²) < 4.78 is 27.1. The normalized spacial score (nSPS) is 21.1. The summed E-state index contributed by atoms with van der Waals surface area (Å²) in [6.07, 6.45) is 3.97. The maximum Gasteiger partial charge on any atom is 0.252 e. The predicted octanol–water partition coefficient (Wildman–Crippen LogP) is 3.34. The molecule has 2 rings (SSSR count). The van der Waals surface area contributed by atoms with E-state index in [0.29, 0.717) is 29.1 Å². The number of sulfonamides is 1. The van der Waals surface area contributed by atoms with Gasteiger partial charge in [0, 0.05) is 23.8 Å². The van der Waals surface area contributed by atoms with Gasteiger partial charge >= 0.3 is 0 Å². The fourth-order valence-corrected chi connectivity index (χ4v) is 5.87. The van der Waals surface area contributed by atoms with E-state index < -0.39 is 10.0 Å². The maximum atomic E-state index is 12.5. The van der Waals surface area contributed by atoms with E-state index in [1.54, 1.807) is 10.4 Å². The molecule has 19 heavy (non-hydrogen) atoms. The molecule has 2 heterocycles. The van der Waals surface area contributed by atoms with Crippen molar-refractivity contribution in [1.29, 1.82) is 0 Å². The van der Waals surface area contributed by atoms with Gasteiger partial charge in [-0.2, -0.15) is 4.31 Å². The van der Waals surface area contributed by atoms with E-state index in [1.807, 2.05) is 6.07 Å². The number of alkyl halides is 1. The summed E-state index contributed by atoms with van der Waals surface area (Å²) in [5.74, 6) is 1.06. The lowest BCUT2D eigenvalue weighted by Gasteiger charge is -2.15. The van der Waals surface area contributed by atoms with E-state index in [4.69, 9.17) is 11.6 Å². The molecule has 1 aliphatic rings. The fourth-order valence-electron chi connectivity index (χ4n) is 2.51. The van der Waals surface area contributed by atoms with Gasteiger partial charge in [-0.05, 0) is 37.3 Å². The highest BCUT2D eigenvalue weighted by Gasteiger charge is 2.32. The molecule has 3 nitrogen and oxygen atoms in total. The van der Waals surface area contributed by atoms with E-state index >= 15 is 0 Å². The van der Waals surface area contributed by atoms with Crippen molar-refractivity contribution < 1.29 is 8.42 Å². The number of aryl methyl sites for hydroxylation is 1. The number of thiophene rings is 1. The lowest BCUT2D eigenvalue weighted by atomic mass is 10.0. The number of hydrogen-bond donors (Lipinski definition) is 0. The molecule has 1 fully saturated rings. The molecular weight excluding hydrogens is 302 g/mol. The molecular formula is C13H20ClNO2S2. The molecule has 0 aromatic carbocycles. The Morgan fingerprint density at radius 2 is 2.26 bits per heavy atom.